The maximum absolute atomic E-state index is 12.2. The van der Waals surface area contributed by atoms with Gasteiger partial charge in [-0.15, -0.1) is 0 Å². The van der Waals surface area contributed by atoms with Crippen molar-refractivity contribution >= 4 is 35.1 Å². The van der Waals surface area contributed by atoms with Gasteiger partial charge in [-0.25, -0.2) is 4.79 Å². The Labute approximate surface area is 152 Å². The van der Waals surface area contributed by atoms with Crippen LogP contribution in [-0.2, 0) is 19.1 Å². The first-order valence-corrected chi connectivity index (χ1v) is 8.21. The predicted octanol–water partition coefficient (Wildman–Crippen LogP) is 2.06. The second kappa shape index (κ2) is 8.98. The summed E-state index contributed by atoms with van der Waals surface area (Å²) in [7, 11) is 0. The van der Waals surface area contributed by atoms with Gasteiger partial charge >= 0.3 is 5.97 Å². The molecule has 0 atom stereocenters. The third-order valence-electron chi connectivity index (χ3n) is 3.51. The molecule has 0 fully saturated rings. The summed E-state index contributed by atoms with van der Waals surface area (Å²) in [6.45, 7) is 7.88. The van der Waals surface area contributed by atoms with Crippen molar-refractivity contribution in [3.8, 4) is 0 Å². The highest BCUT2D eigenvalue weighted by molar-refractivity contribution is 5.98. The molecule has 142 valence electrons. The van der Waals surface area contributed by atoms with Gasteiger partial charge < -0.3 is 20.7 Å². The Kier molecular flexibility index (Phi) is 7.30. The largest absolute Gasteiger partial charge is 0.452 e. The highest BCUT2D eigenvalue weighted by Gasteiger charge is 2.19. The Morgan fingerprint density at radius 2 is 1.46 bits per heavy atom. The molecule has 0 aliphatic heterocycles. The van der Waals surface area contributed by atoms with Crippen molar-refractivity contribution in [2.75, 3.05) is 17.2 Å². The van der Waals surface area contributed by atoms with Crippen molar-refractivity contribution in [2.24, 2.45) is 0 Å². The summed E-state index contributed by atoms with van der Waals surface area (Å²) >= 11 is 0. The topological polar surface area (TPSA) is 114 Å². The number of ether oxygens (including phenoxy) is 1. The van der Waals surface area contributed by atoms with Crippen molar-refractivity contribution in [1.82, 2.24) is 5.32 Å². The zero-order chi connectivity index (χ0) is 19.9. The Bertz CT molecular complexity index is 679. The molecule has 0 saturated heterocycles. The van der Waals surface area contributed by atoms with Gasteiger partial charge in [0, 0.05) is 30.8 Å². The molecule has 1 aromatic carbocycles. The highest BCUT2D eigenvalue weighted by Crippen LogP contribution is 2.20. The van der Waals surface area contributed by atoms with E-state index in [2.05, 4.69) is 16.0 Å². The monoisotopic (exact) mass is 363 g/mol. The first kappa shape index (κ1) is 21.1. The van der Waals surface area contributed by atoms with E-state index in [0.717, 1.165) is 6.42 Å². The van der Waals surface area contributed by atoms with Crippen molar-refractivity contribution in [3.63, 3.8) is 0 Å². The first-order valence-electron chi connectivity index (χ1n) is 8.21. The van der Waals surface area contributed by atoms with Crippen molar-refractivity contribution in [1.29, 1.82) is 0 Å². The van der Waals surface area contributed by atoms with Gasteiger partial charge in [0.15, 0.2) is 6.61 Å². The third kappa shape index (κ3) is 7.33. The van der Waals surface area contributed by atoms with Crippen LogP contribution in [0, 0.1) is 0 Å². The molecule has 8 heteroatoms. The third-order valence-corrected chi connectivity index (χ3v) is 3.51. The lowest BCUT2D eigenvalue weighted by atomic mass is 10.0. The number of hydrogen-bond donors (Lipinski definition) is 3. The van der Waals surface area contributed by atoms with Crippen LogP contribution in [0.25, 0.3) is 0 Å². The van der Waals surface area contributed by atoms with E-state index in [-0.39, 0.29) is 17.4 Å². The van der Waals surface area contributed by atoms with Crippen molar-refractivity contribution in [3.05, 3.63) is 23.8 Å². The summed E-state index contributed by atoms with van der Waals surface area (Å²) in [5.41, 5.74) is 0.356. The summed E-state index contributed by atoms with van der Waals surface area (Å²) < 4.78 is 5.02. The molecule has 1 aromatic rings. The van der Waals surface area contributed by atoms with E-state index < -0.39 is 24.0 Å². The average molecular weight is 363 g/mol. The van der Waals surface area contributed by atoms with Gasteiger partial charge in [0.05, 0.1) is 5.56 Å². The summed E-state index contributed by atoms with van der Waals surface area (Å²) in [6, 6.07) is 4.32. The van der Waals surface area contributed by atoms with Crippen LogP contribution >= 0.6 is 0 Å². The Hall–Kier alpha value is -2.90. The maximum Gasteiger partial charge on any atom is 0.338 e. The fourth-order valence-electron chi connectivity index (χ4n) is 2.01. The molecule has 0 heterocycles. The summed E-state index contributed by atoms with van der Waals surface area (Å²) in [5, 5.41) is 7.84. The number of anilines is 2. The van der Waals surface area contributed by atoms with Crippen LogP contribution in [-0.4, -0.2) is 35.8 Å². The zero-order valence-corrected chi connectivity index (χ0v) is 15.7. The molecule has 0 spiro atoms. The minimum Gasteiger partial charge on any atom is -0.452 e. The van der Waals surface area contributed by atoms with Crippen LogP contribution < -0.4 is 16.0 Å². The Morgan fingerprint density at radius 1 is 0.962 bits per heavy atom. The lowest BCUT2D eigenvalue weighted by Crippen LogP contribution is -2.44. The molecule has 8 nitrogen and oxygen atoms in total. The molecule has 0 bridgehead atoms. The average Bonchev–Trinajstić information content (AvgIpc) is 2.50. The summed E-state index contributed by atoms with van der Waals surface area (Å²) in [6.07, 6.45) is 0.728. The lowest BCUT2D eigenvalue weighted by molar-refractivity contribution is -0.125. The van der Waals surface area contributed by atoms with E-state index in [4.69, 9.17) is 4.74 Å². The molecule has 0 aromatic heterocycles. The normalized spacial score (nSPS) is 10.7. The van der Waals surface area contributed by atoms with Crippen LogP contribution in [0.2, 0.25) is 0 Å². The quantitative estimate of drug-likeness (QED) is 0.642. The number of carbonyl (C=O) groups is 4. The van der Waals surface area contributed by atoms with E-state index in [9.17, 15) is 19.2 Å². The smallest absolute Gasteiger partial charge is 0.338 e. The van der Waals surface area contributed by atoms with Crippen LogP contribution in [0.15, 0.2) is 18.2 Å². The number of nitrogens with one attached hydrogen (secondary N) is 3. The van der Waals surface area contributed by atoms with Crippen LogP contribution in [0.3, 0.4) is 0 Å². The van der Waals surface area contributed by atoms with E-state index in [1.165, 1.54) is 32.0 Å². The molecular weight excluding hydrogens is 338 g/mol. The summed E-state index contributed by atoms with van der Waals surface area (Å²) in [4.78, 5) is 46.6. The van der Waals surface area contributed by atoms with E-state index in [0.29, 0.717) is 11.4 Å². The molecule has 0 radical (unpaired) electrons. The molecule has 3 N–H and O–H groups in total. The SMILES string of the molecule is CCC(C)(C)NC(=O)COC(=O)c1cc(NC(C)=O)cc(NC(C)=O)c1. The van der Waals surface area contributed by atoms with Crippen LogP contribution in [0.4, 0.5) is 11.4 Å². The van der Waals surface area contributed by atoms with Crippen molar-refractivity contribution < 1.29 is 23.9 Å². The second-order valence-corrected chi connectivity index (χ2v) is 6.52. The molecule has 3 amide bonds. The van der Waals surface area contributed by atoms with Crippen LogP contribution in [0.5, 0.6) is 0 Å². The highest BCUT2D eigenvalue weighted by atomic mass is 16.5. The first-order chi connectivity index (χ1) is 12.0. The minimum atomic E-state index is -0.742. The number of esters is 1. The number of amides is 3. The molecule has 0 aliphatic rings. The number of carbonyl (C=O) groups excluding carboxylic acids is 4. The maximum atomic E-state index is 12.2. The zero-order valence-electron chi connectivity index (χ0n) is 15.7. The standard InChI is InChI=1S/C18H25N3O5/c1-6-18(4,5)21-16(24)10-26-17(25)13-7-14(19-11(2)22)9-15(8-13)20-12(3)23/h7-9H,6,10H2,1-5H3,(H,19,22)(H,20,23)(H,21,24). The molecule has 26 heavy (non-hydrogen) atoms. The fourth-order valence-corrected chi connectivity index (χ4v) is 2.01. The molecule has 0 saturated carbocycles. The van der Waals surface area contributed by atoms with E-state index >= 15 is 0 Å². The van der Waals surface area contributed by atoms with E-state index in [1.54, 1.807) is 0 Å². The fraction of sp³-hybridized carbons (Fsp3) is 0.444. The van der Waals surface area contributed by atoms with Gasteiger partial charge in [-0.3, -0.25) is 14.4 Å². The number of hydrogen-bond acceptors (Lipinski definition) is 5. The minimum absolute atomic E-state index is 0.0996. The van der Waals surface area contributed by atoms with Gasteiger partial charge in [0.25, 0.3) is 5.91 Å². The molecule has 0 aliphatic carbocycles. The van der Waals surface area contributed by atoms with Gasteiger partial charge in [0.2, 0.25) is 11.8 Å². The predicted molar refractivity (Wildman–Crippen MR) is 97.8 cm³/mol. The summed E-state index contributed by atoms with van der Waals surface area (Å²) in [5.74, 6) is -1.81. The number of rotatable bonds is 7. The van der Waals surface area contributed by atoms with Crippen LogP contribution in [0.1, 0.15) is 51.4 Å². The van der Waals surface area contributed by atoms with Gasteiger partial charge in [-0.2, -0.15) is 0 Å². The Balaban J connectivity index is 2.87. The molecule has 0 unspecified atom stereocenters. The molecular formula is C18H25N3O5. The van der Waals surface area contributed by atoms with Gasteiger partial charge in [-0.1, -0.05) is 6.92 Å². The number of benzene rings is 1. The van der Waals surface area contributed by atoms with Gasteiger partial charge in [0.1, 0.15) is 0 Å². The van der Waals surface area contributed by atoms with Crippen molar-refractivity contribution in [2.45, 2.75) is 46.6 Å². The lowest BCUT2D eigenvalue weighted by Gasteiger charge is -2.24. The second-order valence-electron chi connectivity index (χ2n) is 6.52. The van der Waals surface area contributed by atoms with Gasteiger partial charge in [-0.05, 0) is 38.5 Å². The Morgan fingerprint density at radius 3 is 1.88 bits per heavy atom. The van der Waals surface area contributed by atoms with E-state index in [1.807, 2.05) is 20.8 Å². The molecule has 1 rings (SSSR count).